The van der Waals surface area contributed by atoms with E-state index >= 15 is 0 Å². The van der Waals surface area contributed by atoms with Crippen molar-refractivity contribution >= 4 is 17.5 Å². The molecule has 0 aliphatic carbocycles. The van der Waals surface area contributed by atoms with Crippen LogP contribution in [0.4, 0.5) is 26.2 Å². The first-order valence-corrected chi connectivity index (χ1v) is 13.4. The minimum absolute atomic E-state index is 0.0474. The molecule has 0 atom stereocenters. The van der Waals surface area contributed by atoms with Crippen molar-refractivity contribution in [3.8, 4) is 5.75 Å². The highest BCUT2D eigenvalue weighted by Gasteiger charge is 2.38. The molecule has 2 aliphatic rings. The number of hydrogen-bond acceptors (Lipinski definition) is 7. The SMILES string of the molecule is CC1(C)CC(Nc2nc(Nc3ccc(OC(C)(C)CCN4CCCC4)c(F)c3)ncc2F)CC(C)(C)N1. The first kappa shape index (κ1) is 27.5. The van der Waals surface area contributed by atoms with Crippen molar-refractivity contribution in [2.45, 2.75) is 96.4 Å². The summed E-state index contributed by atoms with van der Waals surface area (Å²) in [6.45, 7) is 15.7. The number of piperidine rings is 1. The van der Waals surface area contributed by atoms with Crippen LogP contribution in [0.3, 0.4) is 0 Å². The zero-order valence-corrected chi connectivity index (χ0v) is 23.0. The second-order valence-electron chi connectivity index (χ2n) is 12.5. The number of benzene rings is 1. The van der Waals surface area contributed by atoms with Gasteiger partial charge in [0.2, 0.25) is 5.95 Å². The largest absolute Gasteiger partial charge is 0.485 e. The Kier molecular flexibility index (Phi) is 7.95. The molecule has 2 aromatic rings. The van der Waals surface area contributed by atoms with Crippen LogP contribution in [-0.4, -0.2) is 57.2 Å². The van der Waals surface area contributed by atoms with Crippen LogP contribution in [0.1, 0.15) is 73.6 Å². The van der Waals surface area contributed by atoms with E-state index in [-0.39, 0.29) is 34.6 Å². The molecule has 2 aliphatic heterocycles. The maximum atomic E-state index is 14.9. The van der Waals surface area contributed by atoms with E-state index in [4.69, 9.17) is 4.74 Å². The molecule has 3 heterocycles. The molecule has 0 amide bonds. The fourth-order valence-electron chi connectivity index (χ4n) is 5.72. The number of nitrogens with zero attached hydrogens (tertiary/aromatic N) is 3. The highest BCUT2D eigenvalue weighted by atomic mass is 19.1. The van der Waals surface area contributed by atoms with Crippen molar-refractivity contribution in [2.75, 3.05) is 30.3 Å². The number of aromatic nitrogens is 2. The summed E-state index contributed by atoms with van der Waals surface area (Å²) in [6, 6.07) is 4.72. The van der Waals surface area contributed by atoms with Gasteiger partial charge >= 0.3 is 0 Å². The van der Waals surface area contributed by atoms with E-state index in [2.05, 4.69) is 58.5 Å². The Morgan fingerprint density at radius 1 is 1.08 bits per heavy atom. The Morgan fingerprint density at radius 2 is 1.76 bits per heavy atom. The van der Waals surface area contributed by atoms with E-state index < -0.39 is 17.2 Å². The van der Waals surface area contributed by atoms with Crippen molar-refractivity contribution in [3.63, 3.8) is 0 Å². The normalized spacial score (nSPS) is 20.1. The molecule has 7 nitrogen and oxygen atoms in total. The number of ether oxygens (including phenoxy) is 1. The number of rotatable bonds is 9. The third kappa shape index (κ3) is 7.74. The van der Waals surface area contributed by atoms with Gasteiger partial charge in [0.25, 0.3) is 0 Å². The monoisotopic (exact) mass is 516 g/mol. The van der Waals surface area contributed by atoms with Gasteiger partial charge in [-0.1, -0.05) is 0 Å². The Hall–Kier alpha value is -2.52. The van der Waals surface area contributed by atoms with Crippen molar-refractivity contribution < 1.29 is 13.5 Å². The summed E-state index contributed by atoms with van der Waals surface area (Å²) in [7, 11) is 0. The Labute approximate surface area is 219 Å². The van der Waals surface area contributed by atoms with Gasteiger partial charge in [-0.05, 0) is 98.9 Å². The van der Waals surface area contributed by atoms with Crippen LogP contribution in [0.25, 0.3) is 0 Å². The molecule has 0 radical (unpaired) electrons. The number of likely N-dealkylation sites (tertiary alicyclic amines) is 1. The van der Waals surface area contributed by atoms with Crippen LogP contribution in [0.5, 0.6) is 5.75 Å². The first-order chi connectivity index (χ1) is 17.3. The fourth-order valence-corrected chi connectivity index (χ4v) is 5.72. The quantitative estimate of drug-likeness (QED) is 0.385. The summed E-state index contributed by atoms with van der Waals surface area (Å²) in [6.07, 6.45) is 6.08. The lowest BCUT2D eigenvalue weighted by atomic mass is 9.79. The Balaban J connectivity index is 1.39. The molecule has 0 spiro atoms. The number of anilines is 3. The van der Waals surface area contributed by atoms with Gasteiger partial charge in [-0.25, -0.2) is 13.8 Å². The third-order valence-corrected chi connectivity index (χ3v) is 7.08. The molecule has 1 aromatic heterocycles. The van der Waals surface area contributed by atoms with Gasteiger partial charge in [-0.15, -0.1) is 0 Å². The topological polar surface area (TPSA) is 74.3 Å². The summed E-state index contributed by atoms with van der Waals surface area (Å²) >= 11 is 0. The maximum Gasteiger partial charge on any atom is 0.229 e. The van der Waals surface area contributed by atoms with Gasteiger partial charge in [0.1, 0.15) is 5.60 Å². The van der Waals surface area contributed by atoms with Crippen molar-refractivity contribution in [1.82, 2.24) is 20.2 Å². The molecular weight excluding hydrogens is 474 g/mol. The number of nitrogens with one attached hydrogen (secondary N) is 3. The lowest BCUT2D eigenvalue weighted by Crippen LogP contribution is -2.60. The molecule has 1 aromatic carbocycles. The van der Waals surface area contributed by atoms with E-state index in [1.54, 1.807) is 12.1 Å². The second kappa shape index (κ2) is 10.7. The molecule has 2 fully saturated rings. The summed E-state index contributed by atoms with van der Waals surface area (Å²) in [4.78, 5) is 10.8. The predicted octanol–water partition coefficient (Wildman–Crippen LogP) is 5.86. The van der Waals surface area contributed by atoms with Gasteiger partial charge in [0.15, 0.2) is 23.2 Å². The van der Waals surface area contributed by atoms with Gasteiger partial charge in [-0.3, -0.25) is 0 Å². The molecular formula is C28H42F2N6O. The molecule has 37 heavy (non-hydrogen) atoms. The van der Waals surface area contributed by atoms with Crippen LogP contribution < -0.4 is 20.7 Å². The molecule has 2 saturated heterocycles. The molecule has 0 saturated carbocycles. The lowest BCUT2D eigenvalue weighted by Gasteiger charge is -2.46. The zero-order valence-electron chi connectivity index (χ0n) is 23.0. The highest BCUT2D eigenvalue weighted by Crippen LogP contribution is 2.31. The molecule has 9 heteroatoms. The van der Waals surface area contributed by atoms with E-state index in [1.165, 1.54) is 18.9 Å². The minimum Gasteiger partial charge on any atom is -0.485 e. The molecule has 204 valence electrons. The summed E-state index contributed by atoms with van der Waals surface area (Å²) in [5.41, 5.74) is -0.208. The number of halogens is 2. The molecule has 0 unspecified atom stereocenters. The van der Waals surface area contributed by atoms with Gasteiger partial charge in [0.05, 0.1) is 6.20 Å². The van der Waals surface area contributed by atoms with E-state index in [0.29, 0.717) is 5.69 Å². The molecule has 0 bridgehead atoms. The Morgan fingerprint density at radius 3 is 2.41 bits per heavy atom. The van der Waals surface area contributed by atoms with Crippen LogP contribution in [0.2, 0.25) is 0 Å². The Bertz CT molecular complexity index is 1070. The molecule has 4 rings (SSSR count). The van der Waals surface area contributed by atoms with E-state index in [0.717, 1.165) is 45.1 Å². The second-order valence-corrected chi connectivity index (χ2v) is 12.5. The fraction of sp³-hybridized carbons (Fsp3) is 0.643. The smallest absolute Gasteiger partial charge is 0.229 e. The van der Waals surface area contributed by atoms with Crippen LogP contribution in [0.15, 0.2) is 24.4 Å². The summed E-state index contributed by atoms with van der Waals surface area (Å²) < 4.78 is 35.5. The van der Waals surface area contributed by atoms with Crippen molar-refractivity contribution in [2.24, 2.45) is 0 Å². The minimum atomic E-state index is -0.522. The highest BCUT2D eigenvalue weighted by molar-refractivity contribution is 5.56. The van der Waals surface area contributed by atoms with Gasteiger partial charge in [0, 0.05) is 35.4 Å². The average molecular weight is 517 g/mol. The van der Waals surface area contributed by atoms with Crippen molar-refractivity contribution in [3.05, 3.63) is 36.0 Å². The summed E-state index contributed by atoms with van der Waals surface area (Å²) in [5.74, 6) is -0.466. The van der Waals surface area contributed by atoms with Crippen LogP contribution in [-0.2, 0) is 0 Å². The van der Waals surface area contributed by atoms with Crippen LogP contribution >= 0.6 is 0 Å². The predicted molar refractivity (Wildman–Crippen MR) is 145 cm³/mol. The van der Waals surface area contributed by atoms with E-state index in [9.17, 15) is 8.78 Å². The van der Waals surface area contributed by atoms with Gasteiger partial charge < -0.3 is 25.6 Å². The molecule has 3 N–H and O–H groups in total. The van der Waals surface area contributed by atoms with Gasteiger partial charge in [-0.2, -0.15) is 4.98 Å². The maximum absolute atomic E-state index is 14.9. The van der Waals surface area contributed by atoms with Crippen molar-refractivity contribution in [1.29, 1.82) is 0 Å². The lowest BCUT2D eigenvalue weighted by molar-refractivity contribution is 0.0822. The van der Waals surface area contributed by atoms with Crippen LogP contribution in [0, 0.1) is 11.6 Å². The average Bonchev–Trinajstić information content (AvgIpc) is 3.28. The zero-order chi connectivity index (χ0) is 26.8. The third-order valence-electron chi connectivity index (χ3n) is 7.08. The standard InChI is InChI=1S/C28H42F2N6O/c1-26(2)16-20(17-27(3,4)35-26)32-24-22(30)18-31-25(34-24)33-19-9-10-23(21(29)15-19)37-28(5,6)11-14-36-12-7-8-13-36/h9-10,15,18,20,35H,7-8,11-14,16-17H2,1-6H3,(H2,31,32,33,34). The summed E-state index contributed by atoms with van der Waals surface area (Å²) in [5, 5.41) is 9.88. The number of hydrogen-bond donors (Lipinski definition) is 3. The van der Waals surface area contributed by atoms with E-state index in [1.807, 2.05) is 13.8 Å². The first-order valence-electron chi connectivity index (χ1n) is 13.4.